The molecule has 0 spiro atoms. The maximum absolute atomic E-state index is 5.44. The summed E-state index contributed by atoms with van der Waals surface area (Å²) in [5.74, 6) is 0.848. The molecule has 0 bridgehead atoms. The minimum Gasteiger partial charge on any atom is -0.497 e. The molecule has 0 amide bonds. The molecular formula is C12H19NO3. The third-order valence-electron chi connectivity index (χ3n) is 2.04. The summed E-state index contributed by atoms with van der Waals surface area (Å²) in [6, 6.07) is 7.82. The molecule has 0 fully saturated rings. The summed E-state index contributed by atoms with van der Waals surface area (Å²) in [6.45, 7) is 2.87. The summed E-state index contributed by atoms with van der Waals surface area (Å²) in [5, 5.41) is 0. The van der Waals surface area contributed by atoms with Crippen molar-refractivity contribution in [2.45, 2.75) is 6.61 Å². The van der Waals surface area contributed by atoms with E-state index in [2.05, 4.69) is 0 Å². The van der Waals surface area contributed by atoms with Gasteiger partial charge in [-0.1, -0.05) is 12.1 Å². The zero-order valence-electron chi connectivity index (χ0n) is 9.65. The van der Waals surface area contributed by atoms with Crippen molar-refractivity contribution in [3.8, 4) is 5.75 Å². The molecule has 4 heteroatoms. The topological polar surface area (TPSA) is 53.7 Å². The number of hydrogen-bond donors (Lipinski definition) is 1. The van der Waals surface area contributed by atoms with Crippen molar-refractivity contribution >= 4 is 0 Å². The molecule has 2 N–H and O–H groups in total. The SMILES string of the molecule is COc1cccc(COCCOCCN)c1. The van der Waals surface area contributed by atoms with Crippen molar-refractivity contribution in [2.75, 3.05) is 33.5 Å². The van der Waals surface area contributed by atoms with Crippen LogP contribution in [-0.4, -0.2) is 33.5 Å². The number of hydrogen-bond acceptors (Lipinski definition) is 4. The van der Waals surface area contributed by atoms with E-state index in [-0.39, 0.29) is 0 Å². The van der Waals surface area contributed by atoms with Crippen LogP contribution < -0.4 is 10.5 Å². The van der Waals surface area contributed by atoms with Crippen LogP contribution in [0.15, 0.2) is 24.3 Å². The fourth-order valence-electron chi connectivity index (χ4n) is 1.26. The van der Waals surface area contributed by atoms with Gasteiger partial charge in [-0.3, -0.25) is 0 Å². The molecule has 0 saturated heterocycles. The van der Waals surface area contributed by atoms with Crippen molar-refractivity contribution in [3.63, 3.8) is 0 Å². The van der Waals surface area contributed by atoms with Gasteiger partial charge in [0.25, 0.3) is 0 Å². The molecule has 0 unspecified atom stereocenters. The van der Waals surface area contributed by atoms with Gasteiger partial charge in [0, 0.05) is 6.54 Å². The van der Waals surface area contributed by atoms with Gasteiger partial charge in [-0.2, -0.15) is 0 Å². The highest BCUT2D eigenvalue weighted by atomic mass is 16.5. The van der Waals surface area contributed by atoms with E-state index in [1.807, 2.05) is 24.3 Å². The summed E-state index contributed by atoms with van der Waals surface area (Å²) < 4.78 is 15.8. The smallest absolute Gasteiger partial charge is 0.119 e. The zero-order valence-corrected chi connectivity index (χ0v) is 9.65. The van der Waals surface area contributed by atoms with Gasteiger partial charge in [-0.25, -0.2) is 0 Å². The van der Waals surface area contributed by atoms with Crippen LogP contribution in [0.5, 0.6) is 5.75 Å². The standard InChI is InChI=1S/C12H19NO3/c1-14-12-4-2-3-11(9-12)10-16-8-7-15-6-5-13/h2-4,9H,5-8,10,13H2,1H3. The third kappa shape index (κ3) is 5.11. The van der Waals surface area contributed by atoms with E-state index in [0.29, 0.717) is 33.0 Å². The second kappa shape index (κ2) is 8.10. The Morgan fingerprint density at radius 1 is 1.12 bits per heavy atom. The Morgan fingerprint density at radius 3 is 2.69 bits per heavy atom. The summed E-state index contributed by atoms with van der Waals surface area (Å²) in [4.78, 5) is 0. The van der Waals surface area contributed by atoms with Gasteiger partial charge >= 0.3 is 0 Å². The molecule has 0 heterocycles. The predicted octanol–water partition coefficient (Wildman–Crippen LogP) is 1.19. The van der Waals surface area contributed by atoms with Gasteiger partial charge < -0.3 is 19.9 Å². The van der Waals surface area contributed by atoms with Crippen LogP contribution in [0.4, 0.5) is 0 Å². The van der Waals surface area contributed by atoms with E-state index in [0.717, 1.165) is 11.3 Å². The molecule has 16 heavy (non-hydrogen) atoms. The first-order valence-corrected chi connectivity index (χ1v) is 5.35. The number of methoxy groups -OCH3 is 1. The molecule has 1 aromatic rings. The number of rotatable bonds is 8. The second-order valence-corrected chi connectivity index (χ2v) is 3.31. The van der Waals surface area contributed by atoms with Crippen molar-refractivity contribution < 1.29 is 14.2 Å². The molecule has 0 atom stereocenters. The van der Waals surface area contributed by atoms with E-state index in [9.17, 15) is 0 Å². The first kappa shape index (κ1) is 13.0. The Labute approximate surface area is 96.3 Å². The van der Waals surface area contributed by atoms with Gasteiger partial charge in [-0.15, -0.1) is 0 Å². The Morgan fingerprint density at radius 2 is 1.94 bits per heavy atom. The molecule has 1 rings (SSSR count). The van der Waals surface area contributed by atoms with Gasteiger partial charge in [0.15, 0.2) is 0 Å². The molecule has 0 aromatic heterocycles. The summed E-state index contributed by atoms with van der Waals surface area (Å²) in [5.41, 5.74) is 6.38. The monoisotopic (exact) mass is 225 g/mol. The van der Waals surface area contributed by atoms with Crippen LogP contribution >= 0.6 is 0 Å². The first-order chi connectivity index (χ1) is 7.86. The lowest BCUT2D eigenvalue weighted by atomic mass is 10.2. The molecule has 0 radical (unpaired) electrons. The molecule has 0 saturated carbocycles. The van der Waals surface area contributed by atoms with Gasteiger partial charge in [0.2, 0.25) is 0 Å². The van der Waals surface area contributed by atoms with Crippen molar-refractivity contribution in [1.29, 1.82) is 0 Å². The average Bonchev–Trinajstić information content (AvgIpc) is 2.34. The summed E-state index contributed by atoms with van der Waals surface area (Å²) in [6.07, 6.45) is 0. The molecule has 0 aliphatic rings. The third-order valence-corrected chi connectivity index (χ3v) is 2.04. The summed E-state index contributed by atoms with van der Waals surface area (Å²) in [7, 11) is 1.65. The van der Waals surface area contributed by atoms with Gasteiger partial charge in [0.1, 0.15) is 5.75 Å². The molecule has 0 aliphatic heterocycles. The van der Waals surface area contributed by atoms with Crippen LogP contribution in [-0.2, 0) is 16.1 Å². The lowest BCUT2D eigenvalue weighted by molar-refractivity contribution is 0.0433. The fraction of sp³-hybridized carbons (Fsp3) is 0.500. The largest absolute Gasteiger partial charge is 0.497 e. The lowest BCUT2D eigenvalue weighted by Gasteiger charge is -2.06. The lowest BCUT2D eigenvalue weighted by Crippen LogP contribution is -2.11. The predicted molar refractivity (Wildman–Crippen MR) is 62.5 cm³/mol. The minimum absolute atomic E-state index is 0.551. The van der Waals surface area contributed by atoms with E-state index in [1.54, 1.807) is 7.11 Å². The molecule has 90 valence electrons. The second-order valence-electron chi connectivity index (χ2n) is 3.31. The van der Waals surface area contributed by atoms with Gasteiger partial charge in [0.05, 0.1) is 33.5 Å². The molecule has 0 aliphatic carbocycles. The highest BCUT2D eigenvalue weighted by Crippen LogP contribution is 2.12. The Balaban J connectivity index is 2.16. The van der Waals surface area contributed by atoms with E-state index in [1.165, 1.54) is 0 Å². The Bertz CT molecular complexity index is 291. The maximum atomic E-state index is 5.44. The minimum atomic E-state index is 0.551. The first-order valence-electron chi connectivity index (χ1n) is 5.35. The van der Waals surface area contributed by atoms with Crippen molar-refractivity contribution in [2.24, 2.45) is 5.73 Å². The van der Waals surface area contributed by atoms with Crippen LogP contribution in [0.25, 0.3) is 0 Å². The quantitative estimate of drug-likeness (QED) is 0.675. The van der Waals surface area contributed by atoms with Crippen LogP contribution in [0.1, 0.15) is 5.56 Å². The molecule has 1 aromatic carbocycles. The number of benzene rings is 1. The van der Waals surface area contributed by atoms with Crippen molar-refractivity contribution in [1.82, 2.24) is 0 Å². The Kier molecular flexibility index (Phi) is 6.56. The van der Waals surface area contributed by atoms with E-state index < -0.39 is 0 Å². The average molecular weight is 225 g/mol. The van der Waals surface area contributed by atoms with Gasteiger partial charge in [-0.05, 0) is 17.7 Å². The molecule has 4 nitrogen and oxygen atoms in total. The highest BCUT2D eigenvalue weighted by molar-refractivity contribution is 5.27. The Hall–Kier alpha value is -1.10. The normalized spacial score (nSPS) is 10.4. The van der Waals surface area contributed by atoms with Crippen LogP contribution in [0.3, 0.4) is 0 Å². The summed E-state index contributed by atoms with van der Waals surface area (Å²) >= 11 is 0. The van der Waals surface area contributed by atoms with E-state index in [4.69, 9.17) is 19.9 Å². The number of nitrogens with two attached hydrogens (primary N) is 1. The van der Waals surface area contributed by atoms with Crippen LogP contribution in [0, 0.1) is 0 Å². The zero-order chi connectivity index (χ0) is 11.6. The fourth-order valence-corrected chi connectivity index (χ4v) is 1.26. The highest BCUT2D eigenvalue weighted by Gasteiger charge is 1.96. The van der Waals surface area contributed by atoms with Crippen LogP contribution in [0.2, 0.25) is 0 Å². The molecular weight excluding hydrogens is 206 g/mol. The maximum Gasteiger partial charge on any atom is 0.119 e. The van der Waals surface area contributed by atoms with E-state index >= 15 is 0 Å². The number of ether oxygens (including phenoxy) is 3. The van der Waals surface area contributed by atoms with Crippen molar-refractivity contribution in [3.05, 3.63) is 29.8 Å².